The SMILES string of the molecule is COc1ccc(C)cc1N(CC(=O)N(Cc1c(Cl)cccc1Cl)[C@@H](Cc1ccccc1)C(=O)NC(C)C)S(=O)(=O)c1ccc(C)cc1. The van der Waals surface area contributed by atoms with E-state index in [1.165, 1.54) is 24.1 Å². The second-order valence-electron chi connectivity index (χ2n) is 11.6. The molecule has 0 bridgehead atoms. The first-order valence-corrected chi connectivity index (χ1v) is 17.3. The maximum atomic E-state index is 14.7. The Kier molecular flexibility index (Phi) is 12.0. The quantitative estimate of drug-likeness (QED) is 0.163. The minimum absolute atomic E-state index is 0.00135. The van der Waals surface area contributed by atoms with Gasteiger partial charge in [0.05, 0.1) is 17.7 Å². The number of nitrogens with one attached hydrogen (secondary N) is 1. The number of carbonyl (C=O) groups excluding carboxylic acids is 2. The van der Waals surface area contributed by atoms with Gasteiger partial charge in [0.25, 0.3) is 10.0 Å². The molecule has 0 saturated heterocycles. The summed E-state index contributed by atoms with van der Waals surface area (Å²) in [4.78, 5) is 30.0. The first-order valence-electron chi connectivity index (χ1n) is 15.1. The average Bonchev–Trinajstić information content (AvgIpc) is 3.03. The molecule has 8 nitrogen and oxygen atoms in total. The fourth-order valence-corrected chi connectivity index (χ4v) is 7.07. The van der Waals surface area contributed by atoms with Gasteiger partial charge in [-0.05, 0) is 75.2 Å². The Balaban J connectivity index is 1.89. The summed E-state index contributed by atoms with van der Waals surface area (Å²) in [6, 6.07) is 24.5. The zero-order chi connectivity index (χ0) is 34.3. The lowest BCUT2D eigenvalue weighted by molar-refractivity contribution is -0.140. The van der Waals surface area contributed by atoms with Gasteiger partial charge in [-0.2, -0.15) is 0 Å². The Labute approximate surface area is 287 Å². The van der Waals surface area contributed by atoms with E-state index in [0.29, 0.717) is 15.6 Å². The van der Waals surface area contributed by atoms with Crippen molar-refractivity contribution in [2.75, 3.05) is 18.0 Å². The van der Waals surface area contributed by atoms with Crippen molar-refractivity contribution in [3.8, 4) is 5.75 Å². The summed E-state index contributed by atoms with van der Waals surface area (Å²) in [5, 5.41) is 3.55. The number of carbonyl (C=O) groups is 2. The number of rotatable bonds is 13. The van der Waals surface area contributed by atoms with Crippen LogP contribution in [0.2, 0.25) is 10.0 Å². The molecule has 4 aromatic carbocycles. The first kappa shape index (κ1) is 35.8. The molecule has 2 amide bonds. The molecule has 248 valence electrons. The highest BCUT2D eigenvalue weighted by atomic mass is 35.5. The van der Waals surface area contributed by atoms with Gasteiger partial charge in [0.1, 0.15) is 18.3 Å². The number of halogens is 2. The lowest BCUT2D eigenvalue weighted by Crippen LogP contribution is -2.54. The fourth-order valence-electron chi connectivity index (χ4n) is 5.13. The summed E-state index contributed by atoms with van der Waals surface area (Å²) in [6.45, 7) is 6.54. The summed E-state index contributed by atoms with van der Waals surface area (Å²) in [5.74, 6) is -0.778. The predicted octanol–water partition coefficient (Wildman–Crippen LogP) is 6.98. The lowest BCUT2D eigenvalue weighted by atomic mass is 10.0. The maximum Gasteiger partial charge on any atom is 0.264 e. The van der Waals surface area contributed by atoms with Gasteiger partial charge >= 0.3 is 0 Å². The molecule has 4 rings (SSSR count). The molecule has 0 aliphatic carbocycles. The van der Waals surface area contributed by atoms with Crippen molar-refractivity contribution >= 4 is 50.7 Å². The second kappa shape index (κ2) is 15.7. The van der Waals surface area contributed by atoms with Gasteiger partial charge in [-0.3, -0.25) is 13.9 Å². The van der Waals surface area contributed by atoms with E-state index in [1.54, 1.807) is 48.5 Å². The number of ether oxygens (including phenoxy) is 1. The van der Waals surface area contributed by atoms with Gasteiger partial charge in [0.15, 0.2) is 0 Å². The third-order valence-corrected chi connectivity index (χ3v) is 10.1. The van der Waals surface area contributed by atoms with E-state index in [1.807, 2.05) is 58.0 Å². The normalized spacial score (nSPS) is 12.0. The minimum atomic E-state index is -4.31. The molecule has 0 spiro atoms. The molecule has 0 aliphatic heterocycles. The number of hydrogen-bond donors (Lipinski definition) is 1. The third-order valence-electron chi connectivity index (χ3n) is 7.58. The molecule has 0 aromatic heterocycles. The highest BCUT2D eigenvalue weighted by molar-refractivity contribution is 7.92. The Bertz CT molecular complexity index is 1800. The number of amides is 2. The fraction of sp³-hybridized carbons (Fsp3) is 0.278. The highest BCUT2D eigenvalue weighted by Crippen LogP contribution is 2.34. The highest BCUT2D eigenvalue weighted by Gasteiger charge is 2.36. The van der Waals surface area contributed by atoms with Crippen LogP contribution >= 0.6 is 23.2 Å². The predicted molar refractivity (Wildman–Crippen MR) is 188 cm³/mol. The molecule has 0 radical (unpaired) electrons. The summed E-state index contributed by atoms with van der Waals surface area (Å²) in [5.41, 5.74) is 3.06. The Hall–Kier alpha value is -4.05. The minimum Gasteiger partial charge on any atom is -0.495 e. The van der Waals surface area contributed by atoms with Gasteiger partial charge < -0.3 is 15.0 Å². The number of anilines is 1. The zero-order valence-corrected chi connectivity index (χ0v) is 29.4. The molecule has 0 unspecified atom stereocenters. The molecular formula is C36H39Cl2N3O5S. The molecule has 0 saturated carbocycles. The number of aryl methyl sites for hydroxylation is 2. The van der Waals surface area contributed by atoms with Crippen LogP contribution in [0.5, 0.6) is 5.75 Å². The van der Waals surface area contributed by atoms with E-state index in [4.69, 9.17) is 27.9 Å². The van der Waals surface area contributed by atoms with Crippen molar-refractivity contribution < 1.29 is 22.7 Å². The van der Waals surface area contributed by atoms with Gasteiger partial charge in [0.2, 0.25) is 11.8 Å². The van der Waals surface area contributed by atoms with Crippen LogP contribution in [0.15, 0.2) is 95.9 Å². The van der Waals surface area contributed by atoms with E-state index in [9.17, 15) is 18.0 Å². The van der Waals surface area contributed by atoms with E-state index in [2.05, 4.69) is 5.32 Å². The largest absolute Gasteiger partial charge is 0.495 e. The first-order chi connectivity index (χ1) is 22.3. The molecule has 0 fully saturated rings. The van der Waals surface area contributed by atoms with Crippen LogP contribution in [0.3, 0.4) is 0 Å². The molecular weight excluding hydrogens is 657 g/mol. The standard InChI is InChI=1S/C36H39Cl2N3O5S/c1-24(2)39-36(43)33(21-27-10-7-6-8-11-27)40(22-29-30(37)12-9-13-31(29)38)35(42)23-41(32-20-26(4)16-19-34(32)46-5)47(44,45)28-17-14-25(3)15-18-28/h6-20,24,33H,21-23H2,1-5H3,(H,39,43)/t33-/m0/s1. The topological polar surface area (TPSA) is 96.0 Å². The Morgan fingerprint density at radius 1 is 0.851 bits per heavy atom. The molecule has 0 heterocycles. The van der Waals surface area contributed by atoms with E-state index in [-0.39, 0.29) is 35.3 Å². The van der Waals surface area contributed by atoms with Gasteiger partial charge in [-0.25, -0.2) is 8.42 Å². The monoisotopic (exact) mass is 695 g/mol. The van der Waals surface area contributed by atoms with E-state index >= 15 is 0 Å². The molecule has 1 N–H and O–H groups in total. The lowest BCUT2D eigenvalue weighted by Gasteiger charge is -2.34. The third kappa shape index (κ3) is 8.86. The number of methoxy groups -OCH3 is 1. The summed E-state index contributed by atoms with van der Waals surface area (Å²) in [6.07, 6.45) is 0.158. The smallest absolute Gasteiger partial charge is 0.264 e. The van der Waals surface area contributed by atoms with Crippen LogP contribution in [0, 0.1) is 13.8 Å². The van der Waals surface area contributed by atoms with Crippen molar-refractivity contribution in [2.45, 2.75) is 57.6 Å². The molecule has 4 aromatic rings. The van der Waals surface area contributed by atoms with Gasteiger partial charge in [0, 0.05) is 34.6 Å². The molecule has 47 heavy (non-hydrogen) atoms. The summed E-state index contributed by atoms with van der Waals surface area (Å²) < 4.78 is 35.3. The van der Waals surface area contributed by atoms with Crippen molar-refractivity contribution in [3.05, 3.63) is 123 Å². The molecule has 1 atom stereocenters. The number of benzene rings is 4. The van der Waals surface area contributed by atoms with Gasteiger partial charge in [-0.15, -0.1) is 0 Å². The Morgan fingerprint density at radius 3 is 2.06 bits per heavy atom. The number of sulfonamides is 1. The van der Waals surface area contributed by atoms with Gasteiger partial charge in [-0.1, -0.05) is 83.4 Å². The maximum absolute atomic E-state index is 14.7. The summed E-state index contributed by atoms with van der Waals surface area (Å²) >= 11 is 13.2. The van der Waals surface area contributed by atoms with Crippen LogP contribution in [0.1, 0.15) is 36.1 Å². The van der Waals surface area contributed by atoms with Crippen molar-refractivity contribution in [3.63, 3.8) is 0 Å². The van der Waals surface area contributed by atoms with Crippen LogP contribution in [-0.2, 0) is 32.6 Å². The second-order valence-corrected chi connectivity index (χ2v) is 14.3. The van der Waals surface area contributed by atoms with Crippen molar-refractivity contribution in [1.82, 2.24) is 10.2 Å². The Morgan fingerprint density at radius 2 is 1.47 bits per heavy atom. The molecule has 11 heteroatoms. The van der Waals surface area contributed by atoms with E-state index in [0.717, 1.165) is 21.0 Å². The van der Waals surface area contributed by atoms with Crippen LogP contribution in [-0.4, -0.2) is 50.9 Å². The summed E-state index contributed by atoms with van der Waals surface area (Å²) in [7, 11) is -2.87. The molecule has 0 aliphatic rings. The van der Waals surface area contributed by atoms with Crippen LogP contribution in [0.25, 0.3) is 0 Å². The number of nitrogens with zero attached hydrogens (tertiary/aromatic N) is 2. The zero-order valence-electron chi connectivity index (χ0n) is 27.0. The number of hydrogen-bond acceptors (Lipinski definition) is 5. The van der Waals surface area contributed by atoms with Crippen molar-refractivity contribution in [1.29, 1.82) is 0 Å². The van der Waals surface area contributed by atoms with Crippen LogP contribution < -0.4 is 14.4 Å². The average molecular weight is 697 g/mol. The van der Waals surface area contributed by atoms with Crippen molar-refractivity contribution in [2.24, 2.45) is 0 Å². The van der Waals surface area contributed by atoms with Crippen LogP contribution in [0.4, 0.5) is 5.69 Å². The van der Waals surface area contributed by atoms with E-state index < -0.39 is 34.4 Å².